The molecule has 0 saturated heterocycles. The van der Waals surface area contributed by atoms with Crippen LogP contribution in [0, 0.1) is 0 Å². The zero-order chi connectivity index (χ0) is 19.4. The van der Waals surface area contributed by atoms with Crippen molar-refractivity contribution in [2.24, 2.45) is 0 Å². The largest absolute Gasteiger partial charge is 0.505 e. The Morgan fingerprint density at radius 2 is 1.74 bits per heavy atom. The average molecular weight is 383 g/mol. The molecule has 0 bridgehead atoms. The lowest BCUT2D eigenvalue weighted by Crippen LogP contribution is -2.02. The number of hydrogen-bond donors (Lipinski definition) is 2. The van der Waals surface area contributed by atoms with Crippen LogP contribution in [-0.4, -0.2) is 16.0 Å². The minimum absolute atomic E-state index is 0.00294. The van der Waals surface area contributed by atoms with Crippen molar-refractivity contribution in [2.45, 2.75) is 19.6 Å². The number of carbonyl (C=O) groups excluding carboxylic acids is 1. The smallest absolute Gasteiger partial charge is 0.163 e. The molecule has 0 aliphatic rings. The van der Waals surface area contributed by atoms with Gasteiger partial charge in [0.05, 0.1) is 5.56 Å². The van der Waals surface area contributed by atoms with Crippen LogP contribution in [0.3, 0.4) is 0 Å². The molecule has 0 radical (unpaired) electrons. The Balaban J connectivity index is 1.76. The zero-order valence-corrected chi connectivity index (χ0v) is 15.5. The maximum atomic E-state index is 11.4. The fourth-order valence-electron chi connectivity index (χ4n) is 2.78. The number of hydrogen-bond acceptors (Lipinski definition) is 4. The van der Waals surface area contributed by atoms with E-state index < -0.39 is 6.10 Å². The minimum atomic E-state index is -0.728. The molecule has 0 spiro atoms. The second-order valence-corrected chi connectivity index (χ2v) is 6.55. The van der Waals surface area contributed by atoms with E-state index >= 15 is 0 Å². The standard InChI is InChI=1S/C22H19ClO4/c1-14(24)18-10-11-19(20(23)22(18)26)27-13-15-6-5-9-17(12-15)21(25)16-7-3-2-4-8-16/h2-12,21,25-26H,13H2,1H3. The van der Waals surface area contributed by atoms with Gasteiger partial charge in [-0.15, -0.1) is 0 Å². The lowest BCUT2D eigenvalue weighted by atomic mass is 10.00. The summed E-state index contributed by atoms with van der Waals surface area (Å²) in [6, 6.07) is 19.9. The third-order valence-electron chi connectivity index (χ3n) is 4.24. The summed E-state index contributed by atoms with van der Waals surface area (Å²) in [5.41, 5.74) is 2.56. The number of rotatable bonds is 6. The van der Waals surface area contributed by atoms with Crippen molar-refractivity contribution < 1.29 is 19.7 Å². The van der Waals surface area contributed by atoms with Gasteiger partial charge in [-0.3, -0.25) is 4.79 Å². The molecule has 0 aliphatic heterocycles. The van der Waals surface area contributed by atoms with Crippen LogP contribution < -0.4 is 4.74 Å². The number of Topliss-reactive ketones (excluding diaryl/α,β-unsaturated/α-hetero) is 1. The van der Waals surface area contributed by atoms with Gasteiger partial charge < -0.3 is 14.9 Å². The topological polar surface area (TPSA) is 66.8 Å². The van der Waals surface area contributed by atoms with E-state index in [4.69, 9.17) is 16.3 Å². The Hall–Kier alpha value is -2.82. The number of carbonyl (C=O) groups is 1. The molecule has 0 saturated carbocycles. The summed E-state index contributed by atoms with van der Waals surface area (Å²) >= 11 is 6.10. The fraction of sp³-hybridized carbons (Fsp3) is 0.136. The van der Waals surface area contributed by atoms with Gasteiger partial charge in [0.25, 0.3) is 0 Å². The maximum absolute atomic E-state index is 11.4. The average Bonchev–Trinajstić information content (AvgIpc) is 2.69. The van der Waals surface area contributed by atoms with Crippen LogP contribution in [-0.2, 0) is 6.61 Å². The molecule has 5 heteroatoms. The van der Waals surface area contributed by atoms with Crippen LogP contribution in [0.4, 0.5) is 0 Å². The van der Waals surface area contributed by atoms with Crippen molar-refractivity contribution >= 4 is 17.4 Å². The van der Waals surface area contributed by atoms with Gasteiger partial charge in [0.15, 0.2) is 5.78 Å². The summed E-state index contributed by atoms with van der Waals surface area (Å²) in [6.07, 6.45) is -0.728. The van der Waals surface area contributed by atoms with E-state index in [9.17, 15) is 15.0 Å². The minimum Gasteiger partial charge on any atom is -0.505 e. The third kappa shape index (κ3) is 4.30. The molecular weight excluding hydrogens is 364 g/mol. The van der Waals surface area contributed by atoms with E-state index in [2.05, 4.69) is 0 Å². The second-order valence-electron chi connectivity index (χ2n) is 6.18. The van der Waals surface area contributed by atoms with Crippen LogP contribution in [0.15, 0.2) is 66.7 Å². The summed E-state index contributed by atoms with van der Waals surface area (Å²) in [4.78, 5) is 11.4. The summed E-state index contributed by atoms with van der Waals surface area (Å²) in [5, 5.41) is 20.6. The Labute approximate surface area is 162 Å². The lowest BCUT2D eigenvalue weighted by Gasteiger charge is -2.14. The highest BCUT2D eigenvalue weighted by Crippen LogP contribution is 2.36. The molecule has 0 heterocycles. The molecule has 3 aromatic rings. The Kier molecular flexibility index (Phi) is 5.79. The van der Waals surface area contributed by atoms with Gasteiger partial charge in [0.2, 0.25) is 0 Å². The van der Waals surface area contributed by atoms with Gasteiger partial charge in [-0.1, -0.05) is 60.1 Å². The number of halogens is 1. The van der Waals surface area contributed by atoms with Gasteiger partial charge in [0.1, 0.15) is 29.2 Å². The van der Waals surface area contributed by atoms with E-state index in [1.807, 2.05) is 54.6 Å². The quantitative estimate of drug-likeness (QED) is 0.594. The van der Waals surface area contributed by atoms with Gasteiger partial charge in [-0.2, -0.15) is 0 Å². The summed E-state index contributed by atoms with van der Waals surface area (Å²) in [5.74, 6) is -0.272. The molecule has 4 nitrogen and oxygen atoms in total. The summed E-state index contributed by atoms with van der Waals surface area (Å²) in [7, 11) is 0. The zero-order valence-electron chi connectivity index (χ0n) is 14.7. The van der Waals surface area contributed by atoms with Crippen LogP contribution in [0.25, 0.3) is 0 Å². The third-order valence-corrected chi connectivity index (χ3v) is 4.60. The van der Waals surface area contributed by atoms with Crippen molar-refractivity contribution in [3.8, 4) is 11.5 Å². The van der Waals surface area contributed by atoms with Crippen molar-refractivity contribution in [1.82, 2.24) is 0 Å². The molecule has 2 N–H and O–H groups in total. The number of phenolic OH excluding ortho intramolecular Hbond substituents is 1. The fourth-order valence-corrected chi connectivity index (χ4v) is 3.00. The van der Waals surface area contributed by atoms with E-state index in [0.29, 0.717) is 0 Å². The normalized spacial score (nSPS) is 11.8. The molecule has 138 valence electrons. The first-order valence-corrected chi connectivity index (χ1v) is 8.82. The number of aliphatic hydroxyl groups is 1. The van der Waals surface area contributed by atoms with Crippen LogP contribution in [0.5, 0.6) is 11.5 Å². The van der Waals surface area contributed by atoms with Crippen LogP contribution in [0.1, 0.15) is 40.1 Å². The van der Waals surface area contributed by atoms with E-state index in [1.54, 1.807) is 6.07 Å². The molecule has 1 unspecified atom stereocenters. The molecular formula is C22H19ClO4. The lowest BCUT2D eigenvalue weighted by molar-refractivity contribution is 0.101. The Bertz CT molecular complexity index is 954. The van der Waals surface area contributed by atoms with Gasteiger partial charge >= 0.3 is 0 Å². The number of aromatic hydroxyl groups is 1. The van der Waals surface area contributed by atoms with Crippen LogP contribution in [0.2, 0.25) is 5.02 Å². The molecule has 3 aromatic carbocycles. The summed E-state index contributed by atoms with van der Waals surface area (Å²) in [6.45, 7) is 1.56. The van der Waals surface area contributed by atoms with Crippen molar-refractivity contribution in [3.05, 3.63) is 94.0 Å². The Morgan fingerprint density at radius 3 is 2.44 bits per heavy atom. The van der Waals surface area contributed by atoms with Gasteiger partial charge in [-0.25, -0.2) is 0 Å². The molecule has 3 rings (SSSR count). The van der Waals surface area contributed by atoms with Crippen molar-refractivity contribution in [3.63, 3.8) is 0 Å². The number of ketones is 1. The Morgan fingerprint density at radius 1 is 1.04 bits per heavy atom. The molecule has 27 heavy (non-hydrogen) atoms. The molecule has 1 atom stereocenters. The highest BCUT2D eigenvalue weighted by atomic mass is 35.5. The predicted octanol–water partition coefficient (Wildman–Crippen LogP) is 4.91. The number of aliphatic hydroxyl groups excluding tert-OH is 1. The highest BCUT2D eigenvalue weighted by Gasteiger charge is 2.15. The van der Waals surface area contributed by atoms with Crippen molar-refractivity contribution in [1.29, 1.82) is 0 Å². The first-order valence-electron chi connectivity index (χ1n) is 8.44. The van der Waals surface area contributed by atoms with E-state index in [0.717, 1.165) is 16.7 Å². The number of benzene rings is 3. The number of phenols is 1. The molecule has 0 amide bonds. The second kappa shape index (κ2) is 8.25. The first-order chi connectivity index (χ1) is 13.0. The SMILES string of the molecule is CC(=O)c1ccc(OCc2cccc(C(O)c3ccccc3)c2)c(Cl)c1O. The first kappa shape index (κ1) is 19.0. The molecule has 0 fully saturated rings. The maximum Gasteiger partial charge on any atom is 0.163 e. The molecule has 0 aromatic heterocycles. The monoisotopic (exact) mass is 382 g/mol. The number of ether oxygens (including phenoxy) is 1. The van der Waals surface area contributed by atoms with Gasteiger partial charge in [-0.05, 0) is 41.8 Å². The van der Waals surface area contributed by atoms with Crippen molar-refractivity contribution in [2.75, 3.05) is 0 Å². The predicted molar refractivity (Wildman–Crippen MR) is 104 cm³/mol. The van der Waals surface area contributed by atoms with Crippen LogP contribution >= 0.6 is 11.6 Å². The van der Waals surface area contributed by atoms with Gasteiger partial charge in [0, 0.05) is 0 Å². The van der Waals surface area contributed by atoms with E-state index in [1.165, 1.54) is 13.0 Å². The highest BCUT2D eigenvalue weighted by molar-refractivity contribution is 6.34. The van der Waals surface area contributed by atoms with E-state index in [-0.39, 0.29) is 34.5 Å². The molecule has 0 aliphatic carbocycles. The summed E-state index contributed by atoms with van der Waals surface area (Å²) < 4.78 is 5.69.